The summed E-state index contributed by atoms with van der Waals surface area (Å²) in [6.45, 7) is 1.80. The summed E-state index contributed by atoms with van der Waals surface area (Å²) in [7, 11) is 0. The summed E-state index contributed by atoms with van der Waals surface area (Å²) >= 11 is 0. The number of carbonyl (C=O) groups excluding carboxylic acids is 1. The van der Waals surface area contributed by atoms with Gasteiger partial charge in [0.15, 0.2) is 6.17 Å². The molecule has 1 aliphatic heterocycles. The Morgan fingerprint density at radius 3 is 2.15 bits per heavy atom. The fourth-order valence-corrected chi connectivity index (χ4v) is 1.13. The Morgan fingerprint density at radius 2 is 1.85 bits per heavy atom. The van der Waals surface area contributed by atoms with Gasteiger partial charge in [0.05, 0.1) is 13.1 Å². The molecular formula is C8H12F3NO. The lowest BCUT2D eigenvalue weighted by atomic mass is 10.0. The molecule has 1 rings (SSSR count). The van der Waals surface area contributed by atoms with E-state index in [-0.39, 0.29) is 0 Å². The summed E-state index contributed by atoms with van der Waals surface area (Å²) in [6, 6.07) is 0. The van der Waals surface area contributed by atoms with Gasteiger partial charge >= 0.3 is 0 Å². The topological polar surface area (TPSA) is 20.3 Å². The monoisotopic (exact) mass is 195 g/mol. The Kier molecular flexibility index (Phi) is 2.54. The summed E-state index contributed by atoms with van der Waals surface area (Å²) in [5, 5.41) is 0. The van der Waals surface area contributed by atoms with Crippen LogP contribution in [0.3, 0.4) is 0 Å². The number of hydrogen-bond acceptors (Lipinski definition) is 1. The Hall–Kier alpha value is -0.740. The second kappa shape index (κ2) is 3.20. The lowest BCUT2D eigenvalue weighted by Crippen LogP contribution is -2.60. The van der Waals surface area contributed by atoms with Crippen molar-refractivity contribution in [2.24, 2.45) is 5.92 Å². The Bertz CT molecular complexity index is 209. The molecule has 0 aromatic heterocycles. The van der Waals surface area contributed by atoms with Gasteiger partial charge in [-0.2, -0.15) is 0 Å². The largest absolute Gasteiger partial charge is 0.328 e. The van der Waals surface area contributed by atoms with Crippen LogP contribution in [0.2, 0.25) is 0 Å². The van der Waals surface area contributed by atoms with Gasteiger partial charge < -0.3 is 4.90 Å². The number of nitrogens with zero attached hydrogens (tertiary/aromatic N) is 1. The predicted molar refractivity (Wildman–Crippen MR) is 41.3 cm³/mol. The first-order valence-corrected chi connectivity index (χ1v) is 4.14. The Labute approximate surface area is 74.7 Å². The van der Waals surface area contributed by atoms with Crippen molar-refractivity contribution < 1.29 is 18.0 Å². The normalized spacial score (nSPS) is 22.8. The molecule has 0 bridgehead atoms. The molecule has 0 spiro atoms. The van der Waals surface area contributed by atoms with Gasteiger partial charge in [0, 0.05) is 0 Å². The highest BCUT2D eigenvalue weighted by molar-refractivity contribution is 5.82. The number of alkyl halides is 3. The van der Waals surface area contributed by atoms with Gasteiger partial charge in [0.2, 0.25) is 0 Å². The van der Waals surface area contributed by atoms with Crippen LogP contribution in [0.15, 0.2) is 0 Å². The van der Waals surface area contributed by atoms with Crippen molar-refractivity contribution in [1.82, 2.24) is 4.90 Å². The van der Waals surface area contributed by atoms with Gasteiger partial charge in [-0.1, -0.05) is 13.8 Å². The lowest BCUT2D eigenvalue weighted by molar-refractivity contribution is -0.171. The molecular weight excluding hydrogens is 183 g/mol. The SMILES string of the molecule is CC(C)C(F)C(=O)N1CC(F)(F)C1. The molecule has 1 fully saturated rings. The van der Waals surface area contributed by atoms with E-state index in [2.05, 4.69) is 0 Å². The molecule has 0 aliphatic carbocycles. The fourth-order valence-electron chi connectivity index (χ4n) is 1.13. The zero-order valence-electron chi connectivity index (χ0n) is 7.56. The van der Waals surface area contributed by atoms with E-state index in [0.29, 0.717) is 0 Å². The van der Waals surface area contributed by atoms with Crippen LogP contribution in [0.4, 0.5) is 13.2 Å². The Morgan fingerprint density at radius 1 is 1.38 bits per heavy atom. The van der Waals surface area contributed by atoms with Crippen molar-refractivity contribution in [2.75, 3.05) is 13.1 Å². The van der Waals surface area contributed by atoms with E-state index in [1.54, 1.807) is 13.8 Å². The molecule has 0 aromatic carbocycles. The van der Waals surface area contributed by atoms with Crippen LogP contribution in [-0.2, 0) is 4.79 Å². The molecule has 1 amide bonds. The average molecular weight is 195 g/mol. The van der Waals surface area contributed by atoms with Crippen LogP contribution in [0.1, 0.15) is 13.8 Å². The third-order valence-electron chi connectivity index (χ3n) is 1.98. The number of halogens is 3. The lowest BCUT2D eigenvalue weighted by Gasteiger charge is -2.39. The molecule has 1 saturated heterocycles. The first kappa shape index (κ1) is 10.3. The van der Waals surface area contributed by atoms with E-state index in [9.17, 15) is 18.0 Å². The summed E-state index contributed by atoms with van der Waals surface area (Å²) in [4.78, 5) is 11.9. The standard InChI is InChI=1S/C8H12F3NO/c1-5(2)6(9)7(13)12-3-8(10,11)4-12/h5-6H,3-4H2,1-2H3. The minimum absolute atomic E-state index is 0.457. The van der Waals surface area contributed by atoms with E-state index in [1.165, 1.54) is 0 Å². The minimum Gasteiger partial charge on any atom is -0.328 e. The molecule has 76 valence electrons. The van der Waals surface area contributed by atoms with Gasteiger partial charge in [0.1, 0.15) is 0 Å². The van der Waals surface area contributed by atoms with Gasteiger partial charge in [-0.25, -0.2) is 13.2 Å². The van der Waals surface area contributed by atoms with E-state index >= 15 is 0 Å². The van der Waals surface area contributed by atoms with Gasteiger partial charge in [-0.15, -0.1) is 0 Å². The highest BCUT2D eigenvalue weighted by Gasteiger charge is 2.48. The smallest absolute Gasteiger partial charge is 0.282 e. The van der Waals surface area contributed by atoms with Crippen LogP contribution < -0.4 is 0 Å². The van der Waals surface area contributed by atoms with Gasteiger partial charge in [-0.05, 0) is 5.92 Å². The van der Waals surface area contributed by atoms with Crippen molar-refractivity contribution in [3.8, 4) is 0 Å². The average Bonchev–Trinajstić information content (AvgIpc) is 1.97. The van der Waals surface area contributed by atoms with E-state index < -0.39 is 37.0 Å². The minimum atomic E-state index is -2.81. The number of likely N-dealkylation sites (tertiary alicyclic amines) is 1. The Balaban J connectivity index is 2.43. The first-order valence-electron chi connectivity index (χ1n) is 4.14. The van der Waals surface area contributed by atoms with Crippen molar-refractivity contribution >= 4 is 5.91 Å². The van der Waals surface area contributed by atoms with Crippen molar-refractivity contribution in [1.29, 1.82) is 0 Å². The number of amides is 1. The van der Waals surface area contributed by atoms with Crippen molar-refractivity contribution in [3.63, 3.8) is 0 Å². The molecule has 1 unspecified atom stereocenters. The number of carbonyl (C=O) groups is 1. The fraction of sp³-hybridized carbons (Fsp3) is 0.875. The molecule has 2 nitrogen and oxygen atoms in total. The van der Waals surface area contributed by atoms with Gasteiger partial charge in [0.25, 0.3) is 11.8 Å². The first-order chi connectivity index (χ1) is 5.83. The van der Waals surface area contributed by atoms with Crippen LogP contribution in [0.5, 0.6) is 0 Å². The predicted octanol–water partition coefficient (Wildman–Crippen LogP) is 1.46. The van der Waals surface area contributed by atoms with Crippen molar-refractivity contribution in [2.45, 2.75) is 25.9 Å². The molecule has 1 atom stereocenters. The third-order valence-corrected chi connectivity index (χ3v) is 1.98. The van der Waals surface area contributed by atoms with Crippen LogP contribution >= 0.6 is 0 Å². The molecule has 0 saturated carbocycles. The molecule has 5 heteroatoms. The third kappa shape index (κ3) is 2.14. The van der Waals surface area contributed by atoms with E-state index in [4.69, 9.17) is 0 Å². The van der Waals surface area contributed by atoms with Crippen LogP contribution in [0, 0.1) is 5.92 Å². The maximum atomic E-state index is 13.0. The summed E-state index contributed by atoms with van der Waals surface area (Å²) in [6.07, 6.45) is -1.66. The maximum absolute atomic E-state index is 13.0. The summed E-state index contributed by atoms with van der Waals surface area (Å²) in [5.41, 5.74) is 0. The second-order valence-corrected chi connectivity index (χ2v) is 3.70. The number of hydrogen-bond donors (Lipinski definition) is 0. The second-order valence-electron chi connectivity index (χ2n) is 3.70. The van der Waals surface area contributed by atoms with E-state index in [1.807, 2.05) is 0 Å². The molecule has 0 N–H and O–H groups in total. The molecule has 1 heterocycles. The highest BCUT2D eigenvalue weighted by Crippen LogP contribution is 2.28. The molecule has 0 radical (unpaired) electrons. The zero-order valence-corrected chi connectivity index (χ0v) is 7.56. The van der Waals surface area contributed by atoms with Crippen molar-refractivity contribution in [3.05, 3.63) is 0 Å². The maximum Gasteiger partial charge on any atom is 0.282 e. The molecule has 13 heavy (non-hydrogen) atoms. The quantitative estimate of drug-likeness (QED) is 0.653. The number of rotatable bonds is 2. The van der Waals surface area contributed by atoms with E-state index in [0.717, 1.165) is 4.90 Å². The zero-order chi connectivity index (χ0) is 10.2. The molecule has 1 aliphatic rings. The van der Waals surface area contributed by atoms with Crippen LogP contribution in [-0.4, -0.2) is 36.0 Å². The molecule has 0 aromatic rings. The van der Waals surface area contributed by atoms with Crippen LogP contribution in [0.25, 0.3) is 0 Å². The summed E-state index contributed by atoms with van der Waals surface area (Å²) < 4.78 is 37.6. The highest BCUT2D eigenvalue weighted by atomic mass is 19.3. The summed E-state index contributed by atoms with van der Waals surface area (Å²) in [5.74, 6) is -4.09. The van der Waals surface area contributed by atoms with Gasteiger partial charge in [-0.3, -0.25) is 4.79 Å².